The summed E-state index contributed by atoms with van der Waals surface area (Å²) in [6.07, 6.45) is 8.20. The van der Waals surface area contributed by atoms with Crippen molar-refractivity contribution in [3.8, 4) is 11.1 Å². The first-order valence-corrected chi connectivity index (χ1v) is 10.7. The van der Waals surface area contributed by atoms with E-state index in [2.05, 4.69) is 9.97 Å². The van der Waals surface area contributed by atoms with Crippen LogP contribution < -0.4 is 10.9 Å². The summed E-state index contributed by atoms with van der Waals surface area (Å²) in [5, 5.41) is 5.67. The molecule has 0 amide bonds. The zero-order valence-electron chi connectivity index (χ0n) is 14.7. The van der Waals surface area contributed by atoms with Gasteiger partial charge in [0.1, 0.15) is 4.90 Å². The summed E-state index contributed by atoms with van der Waals surface area (Å²) >= 11 is 6.49. The molecule has 0 aliphatic heterocycles. The number of anilines is 1. The summed E-state index contributed by atoms with van der Waals surface area (Å²) in [6, 6.07) is 3.45. The fourth-order valence-electron chi connectivity index (χ4n) is 3.64. The highest BCUT2D eigenvalue weighted by molar-refractivity contribution is 7.89. The maximum atomic E-state index is 12.1. The molecule has 4 N–H and O–H groups in total. The molecule has 1 aromatic heterocycles. The quantitative estimate of drug-likeness (QED) is 0.769. The minimum absolute atomic E-state index is 0.0489. The van der Waals surface area contributed by atoms with Gasteiger partial charge in [-0.3, -0.25) is 0 Å². The maximum Gasteiger partial charge on any atom is 0.239 e. The van der Waals surface area contributed by atoms with Crippen LogP contribution in [0.4, 0.5) is 5.95 Å². The Labute approximate surface area is 159 Å². The fourth-order valence-corrected chi connectivity index (χ4v) is 4.88. The van der Waals surface area contributed by atoms with Crippen LogP contribution in [0.5, 0.6) is 0 Å². The molecule has 1 heterocycles. The van der Waals surface area contributed by atoms with E-state index < -0.39 is 10.0 Å². The molecule has 1 fully saturated rings. The molecule has 0 spiro atoms. The first-order chi connectivity index (χ1) is 12.3. The van der Waals surface area contributed by atoms with Crippen LogP contribution in [0.3, 0.4) is 0 Å². The predicted molar refractivity (Wildman–Crippen MR) is 103 cm³/mol. The van der Waals surface area contributed by atoms with Crippen molar-refractivity contribution in [3.05, 3.63) is 34.6 Å². The van der Waals surface area contributed by atoms with Crippen LogP contribution in [0, 0.1) is 6.92 Å². The number of benzene rings is 1. The van der Waals surface area contributed by atoms with E-state index in [9.17, 15) is 8.42 Å². The molecule has 0 bridgehead atoms. The van der Waals surface area contributed by atoms with Gasteiger partial charge >= 0.3 is 0 Å². The van der Waals surface area contributed by atoms with Crippen LogP contribution in [-0.4, -0.2) is 18.4 Å². The van der Waals surface area contributed by atoms with E-state index in [1.54, 1.807) is 6.20 Å². The number of aryl methyl sites for hydroxylation is 1. The van der Waals surface area contributed by atoms with E-state index in [1.807, 2.05) is 13.0 Å². The number of aromatic nitrogens is 2. The van der Waals surface area contributed by atoms with Crippen LogP contribution in [0.2, 0.25) is 5.02 Å². The third-order valence-electron chi connectivity index (χ3n) is 4.98. The Morgan fingerprint density at radius 2 is 1.81 bits per heavy atom. The lowest BCUT2D eigenvalue weighted by Crippen LogP contribution is -2.14. The highest BCUT2D eigenvalue weighted by Crippen LogP contribution is 2.40. The molecule has 6 nitrogen and oxygen atoms in total. The summed E-state index contributed by atoms with van der Waals surface area (Å²) in [4.78, 5) is 8.17. The van der Waals surface area contributed by atoms with E-state index in [1.165, 1.54) is 18.9 Å². The number of halogens is 1. The van der Waals surface area contributed by atoms with Crippen LogP contribution in [0.1, 0.15) is 55.7 Å². The Balaban J connectivity index is 2.20. The Kier molecular flexibility index (Phi) is 5.50. The molecule has 2 aromatic rings. The minimum Gasteiger partial charge on any atom is -0.368 e. The van der Waals surface area contributed by atoms with Gasteiger partial charge in [0.05, 0.1) is 10.7 Å². The number of primary sulfonamides is 1. The van der Waals surface area contributed by atoms with Crippen LogP contribution in [0.25, 0.3) is 11.1 Å². The molecular weight excluding hydrogens is 372 g/mol. The zero-order valence-corrected chi connectivity index (χ0v) is 16.3. The highest BCUT2D eigenvalue weighted by Gasteiger charge is 2.24. The maximum absolute atomic E-state index is 12.1. The van der Waals surface area contributed by atoms with E-state index in [-0.39, 0.29) is 21.8 Å². The Morgan fingerprint density at radius 1 is 1.15 bits per heavy atom. The third kappa shape index (κ3) is 4.00. The lowest BCUT2D eigenvalue weighted by molar-refractivity contribution is 0.587. The molecule has 1 saturated carbocycles. The molecular formula is C18H23ClN4O2S. The lowest BCUT2D eigenvalue weighted by Gasteiger charge is -2.20. The van der Waals surface area contributed by atoms with Gasteiger partial charge in [-0.2, -0.15) is 0 Å². The van der Waals surface area contributed by atoms with Gasteiger partial charge in [-0.25, -0.2) is 23.5 Å². The van der Waals surface area contributed by atoms with Crippen molar-refractivity contribution in [2.45, 2.75) is 56.3 Å². The van der Waals surface area contributed by atoms with Crippen LogP contribution in [0.15, 0.2) is 23.2 Å². The van der Waals surface area contributed by atoms with Crippen LogP contribution in [-0.2, 0) is 10.0 Å². The first kappa shape index (κ1) is 19.1. The second kappa shape index (κ2) is 7.50. The average molecular weight is 395 g/mol. The number of nitrogens with two attached hydrogens (primary N) is 2. The summed E-state index contributed by atoms with van der Waals surface area (Å²) in [6.45, 7) is 1.81. The van der Waals surface area contributed by atoms with Gasteiger partial charge in [-0.15, -0.1) is 0 Å². The standard InChI is InChI=1S/C18H23ClN4O2S/c1-11-15(10-22-18(20)23-11)13-8-14(12-6-4-2-3-5-7-12)17(19)16(9-13)26(21,24)25/h8-10,12H,2-7H2,1H3,(H2,20,22,23)(H2,21,24,25). The monoisotopic (exact) mass is 394 g/mol. The van der Waals surface area contributed by atoms with E-state index >= 15 is 0 Å². The number of hydrogen-bond donors (Lipinski definition) is 2. The fraction of sp³-hybridized carbons (Fsp3) is 0.444. The zero-order chi connectivity index (χ0) is 18.9. The second-order valence-corrected chi connectivity index (χ2v) is 8.75. The van der Waals surface area contributed by atoms with Crippen molar-refractivity contribution in [2.75, 3.05) is 5.73 Å². The summed E-state index contributed by atoms with van der Waals surface area (Å²) in [5.74, 6) is 0.399. The summed E-state index contributed by atoms with van der Waals surface area (Å²) in [7, 11) is -3.95. The average Bonchev–Trinajstić information content (AvgIpc) is 2.83. The third-order valence-corrected chi connectivity index (χ3v) is 6.45. The minimum atomic E-state index is -3.95. The predicted octanol–water partition coefficient (Wildman–Crippen LogP) is 3.77. The van der Waals surface area contributed by atoms with Gasteiger partial charge in [-0.05, 0) is 48.9 Å². The van der Waals surface area contributed by atoms with Crippen molar-refractivity contribution in [1.29, 1.82) is 0 Å². The molecule has 140 valence electrons. The number of nitrogen functional groups attached to an aromatic ring is 1. The normalized spacial score (nSPS) is 16.4. The van der Waals surface area contributed by atoms with E-state index in [0.29, 0.717) is 11.3 Å². The van der Waals surface area contributed by atoms with Gasteiger partial charge in [0.15, 0.2) is 0 Å². The molecule has 26 heavy (non-hydrogen) atoms. The Hall–Kier alpha value is -1.70. The van der Waals surface area contributed by atoms with Gasteiger partial charge in [0.25, 0.3) is 0 Å². The topological polar surface area (TPSA) is 112 Å². The first-order valence-electron chi connectivity index (χ1n) is 8.73. The van der Waals surface area contributed by atoms with Crippen molar-refractivity contribution >= 4 is 27.6 Å². The molecule has 0 radical (unpaired) electrons. The number of sulfonamides is 1. The lowest BCUT2D eigenvalue weighted by atomic mass is 9.89. The Morgan fingerprint density at radius 3 is 2.38 bits per heavy atom. The van der Waals surface area contributed by atoms with Gasteiger partial charge < -0.3 is 5.73 Å². The van der Waals surface area contributed by atoms with Gasteiger partial charge in [0, 0.05) is 11.8 Å². The number of hydrogen-bond acceptors (Lipinski definition) is 5. The smallest absolute Gasteiger partial charge is 0.239 e. The SMILES string of the molecule is Cc1nc(N)ncc1-c1cc(C2CCCCCC2)c(Cl)c(S(N)(=O)=O)c1. The molecule has 3 rings (SSSR count). The van der Waals surface area contributed by atoms with Gasteiger partial charge in [-0.1, -0.05) is 37.3 Å². The van der Waals surface area contributed by atoms with Crippen molar-refractivity contribution in [1.82, 2.24) is 9.97 Å². The van der Waals surface area contributed by atoms with Crippen LogP contribution >= 0.6 is 11.6 Å². The molecule has 1 aliphatic carbocycles. The van der Waals surface area contributed by atoms with Gasteiger partial charge in [0.2, 0.25) is 16.0 Å². The van der Waals surface area contributed by atoms with E-state index in [0.717, 1.165) is 36.8 Å². The molecule has 1 aliphatic rings. The molecule has 0 saturated heterocycles. The van der Waals surface area contributed by atoms with Crippen molar-refractivity contribution < 1.29 is 8.42 Å². The molecule has 8 heteroatoms. The van der Waals surface area contributed by atoms with Crippen molar-refractivity contribution in [2.24, 2.45) is 5.14 Å². The number of nitrogens with zero attached hydrogens (tertiary/aromatic N) is 2. The van der Waals surface area contributed by atoms with E-state index in [4.69, 9.17) is 22.5 Å². The summed E-state index contributed by atoms with van der Waals surface area (Å²) < 4.78 is 24.2. The molecule has 0 unspecified atom stereocenters. The molecule has 0 atom stereocenters. The Bertz CT molecular complexity index is 923. The summed E-state index contributed by atoms with van der Waals surface area (Å²) in [5.41, 5.74) is 8.55. The van der Waals surface area contributed by atoms with Crippen molar-refractivity contribution in [3.63, 3.8) is 0 Å². The largest absolute Gasteiger partial charge is 0.368 e. The molecule has 1 aromatic carbocycles. The second-order valence-electron chi connectivity index (χ2n) is 6.84. The number of rotatable bonds is 3. The highest BCUT2D eigenvalue weighted by atomic mass is 35.5.